The molecule has 1 rings (SSSR count). The monoisotopic (exact) mass is 173 g/mol. The second kappa shape index (κ2) is 3.97. The zero-order chi connectivity index (χ0) is 8.27. The van der Waals surface area contributed by atoms with Crippen LogP contribution in [0.4, 0.5) is 0 Å². The van der Waals surface area contributed by atoms with Gasteiger partial charge in [0.15, 0.2) is 0 Å². The number of thioether (sulfide) groups is 1. The number of rotatable bonds is 1. The number of carbonyl (C=O) groups is 1. The summed E-state index contributed by atoms with van der Waals surface area (Å²) in [6.07, 6.45) is 0. The minimum Gasteiger partial charge on any atom is -0.347 e. The van der Waals surface area contributed by atoms with Gasteiger partial charge in [-0.3, -0.25) is 4.79 Å². The first-order chi connectivity index (χ1) is 5.22. The summed E-state index contributed by atoms with van der Waals surface area (Å²) in [6, 6.07) is -0.0799. The van der Waals surface area contributed by atoms with Crippen LogP contribution in [-0.4, -0.2) is 49.0 Å². The fourth-order valence-electron chi connectivity index (χ4n) is 0.968. The lowest BCUT2D eigenvalue weighted by molar-refractivity contribution is -0.130. The molecule has 0 aromatic carbocycles. The Labute approximate surface area is 71.5 Å². The number of hydrogen-bond acceptors (Lipinski definition) is 2. The van der Waals surface area contributed by atoms with Crippen LogP contribution in [0, 0.1) is 0 Å². The van der Waals surface area contributed by atoms with Crippen molar-refractivity contribution in [3.8, 4) is 0 Å². The lowest BCUT2D eigenvalue weighted by Gasteiger charge is -2.23. The van der Waals surface area contributed by atoms with Crippen molar-refractivity contribution in [1.29, 1.82) is 0 Å². The van der Waals surface area contributed by atoms with Crippen LogP contribution < -0.4 is 5.32 Å². The van der Waals surface area contributed by atoms with Gasteiger partial charge in [0.05, 0.1) is 0 Å². The van der Waals surface area contributed by atoms with Crippen LogP contribution in [-0.2, 0) is 4.79 Å². The molecule has 1 aliphatic heterocycles. The molecule has 0 aromatic heterocycles. The van der Waals surface area contributed by atoms with Crippen molar-refractivity contribution in [2.75, 3.05) is 32.1 Å². The third kappa shape index (κ3) is 2.38. The van der Waals surface area contributed by atoms with Crippen LogP contribution in [0.1, 0.15) is 0 Å². The van der Waals surface area contributed by atoms with Crippen molar-refractivity contribution in [1.82, 2.24) is 10.2 Å². The molecule has 1 fully saturated rings. The van der Waals surface area contributed by atoms with Crippen LogP contribution in [0.2, 0.25) is 0 Å². The van der Waals surface area contributed by atoms with Crippen LogP contribution in [0.25, 0.3) is 0 Å². The Bertz CT molecular complexity index is 143. The quantitative estimate of drug-likeness (QED) is 0.550. The molecule has 0 N–H and O–H groups in total. The average Bonchev–Trinajstić information content (AvgIpc) is 2.05. The lowest BCUT2D eigenvalue weighted by atomic mass is 10.3. The summed E-state index contributed by atoms with van der Waals surface area (Å²) >= 11 is 1.81. The summed E-state index contributed by atoms with van der Waals surface area (Å²) < 4.78 is 0. The molecule has 1 unspecified atom stereocenters. The molecular formula is C7H13N2OS. The smallest absolute Gasteiger partial charge is 0.241 e. The van der Waals surface area contributed by atoms with Gasteiger partial charge >= 0.3 is 0 Å². The van der Waals surface area contributed by atoms with Crippen LogP contribution in [0.5, 0.6) is 0 Å². The van der Waals surface area contributed by atoms with Gasteiger partial charge in [-0.15, -0.1) is 0 Å². The van der Waals surface area contributed by atoms with E-state index in [0.29, 0.717) is 0 Å². The minimum atomic E-state index is -0.0799. The summed E-state index contributed by atoms with van der Waals surface area (Å²) in [4.78, 5) is 12.9. The Morgan fingerprint density at radius 3 is 2.82 bits per heavy atom. The minimum absolute atomic E-state index is 0.0799. The molecule has 1 heterocycles. The van der Waals surface area contributed by atoms with E-state index in [4.69, 9.17) is 0 Å². The molecule has 63 valence electrons. The van der Waals surface area contributed by atoms with E-state index >= 15 is 0 Å². The van der Waals surface area contributed by atoms with Gasteiger partial charge in [0.2, 0.25) is 5.91 Å². The molecule has 11 heavy (non-hydrogen) atoms. The van der Waals surface area contributed by atoms with Crippen LogP contribution >= 0.6 is 11.8 Å². The maximum absolute atomic E-state index is 11.3. The van der Waals surface area contributed by atoms with E-state index in [0.717, 1.165) is 18.1 Å². The van der Waals surface area contributed by atoms with Crippen molar-refractivity contribution in [3.05, 3.63) is 0 Å². The number of amides is 1. The number of likely N-dealkylation sites (N-methyl/N-ethyl adjacent to an activating group) is 1. The number of carbonyl (C=O) groups excluding carboxylic acids is 1. The van der Waals surface area contributed by atoms with Crippen LogP contribution in [0.15, 0.2) is 0 Å². The number of hydrogen-bond donors (Lipinski definition) is 0. The molecule has 0 spiro atoms. The Morgan fingerprint density at radius 1 is 1.64 bits per heavy atom. The van der Waals surface area contributed by atoms with Crippen molar-refractivity contribution >= 4 is 17.7 Å². The van der Waals surface area contributed by atoms with E-state index in [1.807, 2.05) is 11.8 Å². The molecule has 1 saturated heterocycles. The van der Waals surface area contributed by atoms with Gasteiger partial charge in [-0.25, -0.2) is 5.32 Å². The first kappa shape index (κ1) is 8.87. The molecule has 3 nitrogen and oxygen atoms in total. The van der Waals surface area contributed by atoms with Gasteiger partial charge in [-0.05, 0) is 0 Å². The maximum Gasteiger partial charge on any atom is 0.241 e. The van der Waals surface area contributed by atoms with Gasteiger partial charge in [0.1, 0.15) is 6.04 Å². The molecule has 0 aromatic rings. The zero-order valence-corrected chi connectivity index (χ0v) is 7.73. The molecule has 0 aliphatic carbocycles. The third-order valence-corrected chi connectivity index (χ3v) is 2.61. The normalized spacial score (nSPS) is 24.7. The highest BCUT2D eigenvalue weighted by molar-refractivity contribution is 7.99. The van der Waals surface area contributed by atoms with Crippen molar-refractivity contribution in [2.45, 2.75) is 6.04 Å². The van der Waals surface area contributed by atoms with Gasteiger partial charge in [0.25, 0.3) is 0 Å². The fourth-order valence-corrected chi connectivity index (χ4v) is 1.84. The predicted octanol–water partition coefficient (Wildman–Crippen LogP) is -0.206. The largest absolute Gasteiger partial charge is 0.347 e. The summed E-state index contributed by atoms with van der Waals surface area (Å²) in [5, 5.41) is 4.24. The second-order valence-corrected chi connectivity index (χ2v) is 3.88. The third-order valence-electron chi connectivity index (χ3n) is 1.59. The van der Waals surface area contributed by atoms with E-state index < -0.39 is 0 Å². The van der Waals surface area contributed by atoms with Gasteiger partial charge in [-0.1, -0.05) is 0 Å². The predicted molar refractivity (Wildman–Crippen MR) is 46.8 cm³/mol. The van der Waals surface area contributed by atoms with E-state index in [-0.39, 0.29) is 11.9 Å². The zero-order valence-electron chi connectivity index (χ0n) is 6.91. The van der Waals surface area contributed by atoms with Gasteiger partial charge < -0.3 is 4.90 Å². The topological polar surface area (TPSA) is 34.4 Å². The van der Waals surface area contributed by atoms with E-state index in [9.17, 15) is 4.79 Å². The first-order valence-corrected chi connectivity index (χ1v) is 4.83. The Morgan fingerprint density at radius 2 is 2.36 bits per heavy atom. The average molecular weight is 173 g/mol. The summed E-state index contributed by atoms with van der Waals surface area (Å²) in [7, 11) is 3.55. The van der Waals surface area contributed by atoms with Gasteiger partial charge in [-0.2, -0.15) is 11.8 Å². The number of nitrogens with zero attached hydrogens (tertiary/aromatic N) is 2. The van der Waals surface area contributed by atoms with Gasteiger partial charge in [0, 0.05) is 32.1 Å². The maximum atomic E-state index is 11.3. The second-order valence-electron chi connectivity index (χ2n) is 2.73. The highest BCUT2D eigenvalue weighted by atomic mass is 32.2. The first-order valence-electron chi connectivity index (χ1n) is 3.67. The Kier molecular flexibility index (Phi) is 3.20. The highest BCUT2D eigenvalue weighted by Gasteiger charge is 2.22. The Hall–Kier alpha value is -0.220. The van der Waals surface area contributed by atoms with Crippen molar-refractivity contribution in [3.63, 3.8) is 0 Å². The molecule has 1 radical (unpaired) electrons. The molecule has 0 bridgehead atoms. The van der Waals surface area contributed by atoms with Crippen molar-refractivity contribution < 1.29 is 4.79 Å². The molecule has 0 saturated carbocycles. The summed E-state index contributed by atoms with van der Waals surface area (Å²) in [5.74, 6) is 2.06. The van der Waals surface area contributed by atoms with Crippen LogP contribution in [0.3, 0.4) is 0 Å². The SMILES string of the molecule is CN(C)C(=O)C1CSCC[N]1. The van der Waals surface area contributed by atoms with E-state index in [2.05, 4.69) is 5.32 Å². The highest BCUT2D eigenvalue weighted by Crippen LogP contribution is 2.09. The standard InChI is InChI=1S/C7H13N2OS/c1-9(2)7(10)6-5-11-4-3-8-6/h6H,3-5H2,1-2H3. The van der Waals surface area contributed by atoms with E-state index in [1.54, 1.807) is 19.0 Å². The molecule has 4 heteroatoms. The molecule has 1 atom stereocenters. The van der Waals surface area contributed by atoms with E-state index in [1.165, 1.54) is 0 Å². The summed E-state index contributed by atoms with van der Waals surface area (Å²) in [5.41, 5.74) is 0. The Balaban J connectivity index is 2.39. The van der Waals surface area contributed by atoms with Crippen molar-refractivity contribution in [2.24, 2.45) is 0 Å². The molecule has 1 aliphatic rings. The summed E-state index contributed by atoms with van der Waals surface area (Å²) in [6.45, 7) is 0.828. The lowest BCUT2D eigenvalue weighted by Crippen LogP contribution is -2.44. The molecular weight excluding hydrogens is 160 g/mol. The molecule has 1 amide bonds. The fraction of sp³-hybridized carbons (Fsp3) is 0.857.